The fourth-order valence-corrected chi connectivity index (χ4v) is 4.16. The Labute approximate surface area is 123 Å². The monoisotopic (exact) mass is 356 g/mol. The minimum Gasteiger partial charge on any atom is -0.368 e. The van der Waals surface area contributed by atoms with E-state index in [-0.39, 0.29) is 0 Å². The summed E-state index contributed by atoms with van der Waals surface area (Å²) in [4.78, 5) is 2.59. The molecule has 0 radical (unpaired) electrons. The van der Waals surface area contributed by atoms with Crippen molar-refractivity contribution in [2.75, 3.05) is 24.5 Å². The highest BCUT2D eigenvalue weighted by atomic mass is 127. The molecule has 1 aliphatic heterocycles. The minimum absolute atomic E-state index is 0.398. The summed E-state index contributed by atoms with van der Waals surface area (Å²) in [5, 5.41) is 3.81. The molecular formula is C15H21IN2. The summed E-state index contributed by atoms with van der Waals surface area (Å²) in [5.41, 5.74) is 1.82. The summed E-state index contributed by atoms with van der Waals surface area (Å²) in [5.74, 6) is 0. The third-order valence-electron chi connectivity index (χ3n) is 4.38. The molecule has 1 N–H and O–H groups in total. The summed E-state index contributed by atoms with van der Waals surface area (Å²) in [7, 11) is 0. The summed E-state index contributed by atoms with van der Waals surface area (Å²) in [6, 6.07) is 8.77. The van der Waals surface area contributed by atoms with Crippen LogP contribution in [0.4, 0.5) is 5.69 Å². The Morgan fingerprint density at radius 2 is 1.89 bits per heavy atom. The lowest BCUT2D eigenvalue weighted by molar-refractivity contribution is 0.216. The van der Waals surface area contributed by atoms with Crippen molar-refractivity contribution >= 4 is 28.3 Å². The standard InChI is InChI=1S/C15H21IN2/c16-13-6-2-3-7-14(13)18-11-10-17-15(12-18)8-4-1-5-9-15/h2-3,6-7,17H,1,4-5,8-12H2. The first-order chi connectivity index (χ1) is 8.79. The third kappa shape index (κ3) is 2.52. The van der Waals surface area contributed by atoms with Crippen LogP contribution in [-0.2, 0) is 0 Å². The fraction of sp³-hybridized carbons (Fsp3) is 0.600. The van der Waals surface area contributed by atoms with Gasteiger partial charge in [-0.3, -0.25) is 0 Å². The maximum Gasteiger partial charge on any atom is 0.0502 e. The van der Waals surface area contributed by atoms with Crippen molar-refractivity contribution in [3.8, 4) is 0 Å². The van der Waals surface area contributed by atoms with Crippen LogP contribution < -0.4 is 10.2 Å². The molecule has 2 aliphatic rings. The van der Waals surface area contributed by atoms with Crippen molar-refractivity contribution < 1.29 is 0 Å². The number of para-hydroxylation sites is 1. The van der Waals surface area contributed by atoms with Crippen molar-refractivity contribution in [3.05, 3.63) is 27.8 Å². The molecule has 0 aromatic heterocycles. The molecule has 0 bridgehead atoms. The lowest BCUT2D eigenvalue weighted by Gasteiger charge is -2.47. The van der Waals surface area contributed by atoms with Crippen LogP contribution in [0.25, 0.3) is 0 Å². The topological polar surface area (TPSA) is 15.3 Å². The number of halogens is 1. The van der Waals surface area contributed by atoms with Gasteiger partial charge in [0.1, 0.15) is 0 Å². The normalized spacial score (nSPS) is 23.3. The molecule has 1 saturated carbocycles. The predicted octanol–water partition coefficient (Wildman–Crippen LogP) is 3.40. The first kappa shape index (κ1) is 12.7. The molecule has 1 heterocycles. The van der Waals surface area contributed by atoms with Gasteiger partial charge in [-0.1, -0.05) is 31.4 Å². The van der Waals surface area contributed by atoms with Gasteiger partial charge >= 0.3 is 0 Å². The third-order valence-corrected chi connectivity index (χ3v) is 5.29. The van der Waals surface area contributed by atoms with Gasteiger partial charge in [0.05, 0.1) is 5.69 Å². The molecule has 0 atom stereocenters. The van der Waals surface area contributed by atoms with Crippen LogP contribution in [0.15, 0.2) is 24.3 Å². The molecule has 3 heteroatoms. The van der Waals surface area contributed by atoms with Crippen molar-refractivity contribution in [1.29, 1.82) is 0 Å². The predicted molar refractivity (Wildman–Crippen MR) is 85.2 cm³/mol. The van der Waals surface area contributed by atoms with Crippen molar-refractivity contribution in [2.24, 2.45) is 0 Å². The van der Waals surface area contributed by atoms with Gasteiger partial charge in [-0.05, 0) is 47.6 Å². The van der Waals surface area contributed by atoms with E-state index in [9.17, 15) is 0 Å². The highest BCUT2D eigenvalue weighted by Gasteiger charge is 2.36. The Bertz CT molecular complexity index is 407. The van der Waals surface area contributed by atoms with E-state index in [0.29, 0.717) is 5.54 Å². The second kappa shape index (κ2) is 5.37. The average Bonchev–Trinajstić information content (AvgIpc) is 2.40. The Balaban J connectivity index is 1.80. The Kier molecular flexibility index (Phi) is 3.80. The van der Waals surface area contributed by atoms with Crippen LogP contribution in [0.5, 0.6) is 0 Å². The number of anilines is 1. The van der Waals surface area contributed by atoms with Crippen molar-refractivity contribution in [2.45, 2.75) is 37.6 Å². The molecule has 1 aliphatic carbocycles. The van der Waals surface area contributed by atoms with E-state index < -0.39 is 0 Å². The smallest absolute Gasteiger partial charge is 0.0502 e. The second-order valence-electron chi connectivity index (χ2n) is 5.64. The van der Waals surface area contributed by atoms with Crippen LogP contribution in [0.3, 0.4) is 0 Å². The SMILES string of the molecule is Ic1ccccc1N1CCNC2(CCCCC2)C1. The van der Waals surface area contributed by atoms with Crippen LogP contribution in [0.1, 0.15) is 32.1 Å². The molecule has 0 unspecified atom stereocenters. The zero-order valence-electron chi connectivity index (χ0n) is 10.8. The molecule has 3 rings (SSSR count). The summed E-state index contributed by atoms with van der Waals surface area (Å²) in [6.07, 6.45) is 6.92. The molecule has 0 amide bonds. The average molecular weight is 356 g/mol. The highest BCUT2D eigenvalue weighted by Crippen LogP contribution is 2.33. The van der Waals surface area contributed by atoms with Crippen LogP contribution in [-0.4, -0.2) is 25.2 Å². The van der Waals surface area contributed by atoms with E-state index >= 15 is 0 Å². The lowest BCUT2D eigenvalue weighted by Crippen LogP contribution is -2.61. The Morgan fingerprint density at radius 3 is 2.67 bits per heavy atom. The van der Waals surface area contributed by atoms with Gasteiger partial charge < -0.3 is 10.2 Å². The highest BCUT2D eigenvalue weighted by molar-refractivity contribution is 14.1. The molecule has 98 valence electrons. The molecule has 1 aromatic carbocycles. The lowest BCUT2D eigenvalue weighted by atomic mass is 9.80. The zero-order chi connectivity index (χ0) is 12.4. The summed E-state index contributed by atoms with van der Waals surface area (Å²) >= 11 is 2.46. The van der Waals surface area contributed by atoms with E-state index in [1.807, 2.05) is 0 Å². The second-order valence-corrected chi connectivity index (χ2v) is 6.80. The summed E-state index contributed by atoms with van der Waals surface area (Å²) in [6.45, 7) is 3.46. The number of rotatable bonds is 1. The number of nitrogens with one attached hydrogen (secondary N) is 1. The van der Waals surface area contributed by atoms with Crippen LogP contribution in [0.2, 0.25) is 0 Å². The maximum atomic E-state index is 3.81. The molecular weight excluding hydrogens is 335 g/mol. The van der Waals surface area contributed by atoms with Crippen molar-refractivity contribution in [1.82, 2.24) is 5.32 Å². The molecule has 1 spiro atoms. The largest absolute Gasteiger partial charge is 0.368 e. The quantitative estimate of drug-likeness (QED) is 0.776. The van der Waals surface area contributed by atoms with E-state index in [4.69, 9.17) is 0 Å². The first-order valence-electron chi connectivity index (χ1n) is 7.04. The number of hydrogen-bond acceptors (Lipinski definition) is 2. The van der Waals surface area contributed by atoms with Crippen molar-refractivity contribution in [3.63, 3.8) is 0 Å². The molecule has 18 heavy (non-hydrogen) atoms. The number of hydrogen-bond donors (Lipinski definition) is 1. The number of nitrogens with zero attached hydrogens (tertiary/aromatic N) is 1. The molecule has 1 saturated heterocycles. The molecule has 2 nitrogen and oxygen atoms in total. The van der Waals surface area contributed by atoms with Crippen LogP contribution >= 0.6 is 22.6 Å². The number of piperazine rings is 1. The van der Waals surface area contributed by atoms with E-state index in [1.165, 1.54) is 47.9 Å². The zero-order valence-corrected chi connectivity index (χ0v) is 12.9. The molecule has 2 fully saturated rings. The van der Waals surface area contributed by atoms with Gasteiger partial charge in [0.2, 0.25) is 0 Å². The van der Waals surface area contributed by atoms with E-state index in [0.717, 1.165) is 13.1 Å². The Morgan fingerprint density at radius 1 is 1.11 bits per heavy atom. The number of benzene rings is 1. The van der Waals surface area contributed by atoms with E-state index in [1.54, 1.807) is 0 Å². The minimum atomic E-state index is 0.398. The van der Waals surface area contributed by atoms with E-state index in [2.05, 4.69) is 57.1 Å². The maximum absolute atomic E-state index is 3.81. The van der Waals surface area contributed by atoms with Gasteiger partial charge in [0.15, 0.2) is 0 Å². The molecule has 1 aromatic rings. The van der Waals surface area contributed by atoms with Gasteiger partial charge in [0.25, 0.3) is 0 Å². The van der Waals surface area contributed by atoms with Gasteiger partial charge in [-0.25, -0.2) is 0 Å². The van der Waals surface area contributed by atoms with Gasteiger partial charge in [0, 0.05) is 28.7 Å². The summed E-state index contributed by atoms with van der Waals surface area (Å²) < 4.78 is 1.38. The Hall–Kier alpha value is -0.290. The van der Waals surface area contributed by atoms with Crippen LogP contribution in [0, 0.1) is 3.57 Å². The van der Waals surface area contributed by atoms with Gasteiger partial charge in [-0.15, -0.1) is 0 Å². The first-order valence-corrected chi connectivity index (χ1v) is 8.12. The van der Waals surface area contributed by atoms with Gasteiger partial charge in [-0.2, -0.15) is 0 Å². The fourth-order valence-electron chi connectivity index (χ4n) is 3.43.